The second-order valence-electron chi connectivity index (χ2n) is 4.21. The van der Waals surface area contributed by atoms with Crippen LogP contribution in [-0.4, -0.2) is 36.2 Å². The number of nitrogens with zero attached hydrogens (tertiary/aromatic N) is 1. The molecular weight excluding hydrogens is 150 g/mol. The summed E-state index contributed by atoms with van der Waals surface area (Å²) < 4.78 is 0. The van der Waals surface area contributed by atoms with Crippen molar-refractivity contribution in [3.8, 4) is 0 Å². The maximum Gasteiger partial charge on any atom is 0.0468 e. The lowest BCUT2D eigenvalue weighted by molar-refractivity contribution is 0.146. The summed E-state index contributed by atoms with van der Waals surface area (Å²) in [5.74, 6) is 1.07. The van der Waals surface area contributed by atoms with Crippen molar-refractivity contribution in [1.82, 2.24) is 4.90 Å². The molecule has 0 aromatic heterocycles. The summed E-state index contributed by atoms with van der Waals surface area (Å²) >= 11 is 0. The van der Waals surface area contributed by atoms with E-state index >= 15 is 0 Å². The molecule has 12 heavy (non-hydrogen) atoms. The average molecular weight is 173 g/mol. The van der Waals surface area contributed by atoms with Crippen LogP contribution in [0.1, 0.15) is 27.7 Å². The van der Waals surface area contributed by atoms with Crippen LogP contribution in [0.3, 0.4) is 0 Å². The lowest BCUT2D eigenvalue weighted by Gasteiger charge is -2.29. The molecule has 0 amide bonds. The first-order valence-electron chi connectivity index (χ1n) is 4.80. The fraction of sp³-hybridized carbons (Fsp3) is 1.00. The van der Waals surface area contributed by atoms with E-state index in [2.05, 4.69) is 39.6 Å². The summed E-state index contributed by atoms with van der Waals surface area (Å²) in [6, 6.07) is 0.596. The fourth-order valence-electron chi connectivity index (χ4n) is 1.22. The standard InChI is InChI=1S/C10H23NO/c1-8(2)10(4)11(5)6-9(3)7-12/h8-10,12H,6-7H2,1-5H3. The minimum atomic E-state index is 0.287. The molecule has 0 aliphatic heterocycles. The Bertz CT molecular complexity index is 114. The van der Waals surface area contributed by atoms with Crippen LogP contribution in [0.4, 0.5) is 0 Å². The molecule has 0 aromatic carbocycles. The molecular formula is C10H23NO. The van der Waals surface area contributed by atoms with E-state index in [-0.39, 0.29) is 6.61 Å². The van der Waals surface area contributed by atoms with Crippen LogP contribution in [-0.2, 0) is 0 Å². The van der Waals surface area contributed by atoms with E-state index in [4.69, 9.17) is 5.11 Å². The van der Waals surface area contributed by atoms with Crippen molar-refractivity contribution in [1.29, 1.82) is 0 Å². The number of hydrogen-bond donors (Lipinski definition) is 1. The highest BCUT2D eigenvalue weighted by atomic mass is 16.3. The Hall–Kier alpha value is -0.0800. The number of aliphatic hydroxyl groups excluding tert-OH is 1. The molecule has 2 heteroatoms. The van der Waals surface area contributed by atoms with Crippen molar-refractivity contribution in [2.45, 2.75) is 33.7 Å². The predicted octanol–water partition coefficient (Wildman–Crippen LogP) is 1.59. The summed E-state index contributed by atoms with van der Waals surface area (Å²) in [6.07, 6.45) is 0. The van der Waals surface area contributed by atoms with E-state index in [1.165, 1.54) is 0 Å². The number of hydrogen-bond acceptors (Lipinski definition) is 2. The first kappa shape index (κ1) is 11.9. The molecule has 0 aliphatic carbocycles. The average Bonchev–Trinajstić information content (AvgIpc) is 2.02. The van der Waals surface area contributed by atoms with Crippen molar-refractivity contribution in [2.75, 3.05) is 20.2 Å². The van der Waals surface area contributed by atoms with Crippen LogP contribution in [0, 0.1) is 11.8 Å². The number of aliphatic hydroxyl groups is 1. The molecule has 0 radical (unpaired) electrons. The molecule has 2 atom stereocenters. The highest BCUT2D eigenvalue weighted by molar-refractivity contribution is 4.68. The lowest BCUT2D eigenvalue weighted by atomic mass is 10.0. The van der Waals surface area contributed by atoms with Gasteiger partial charge in [-0.3, -0.25) is 0 Å². The van der Waals surface area contributed by atoms with Crippen LogP contribution in [0.5, 0.6) is 0 Å². The molecule has 2 nitrogen and oxygen atoms in total. The zero-order valence-electron chi connectivity index (χ0n) is 9.04. The van der Waals surface area contributed by atoms with Gasteiger partial charge in [-0.25, -0.2) is 0 Å². The van der Waals surface area contributed by atoms with Gasteiger partial charge in [-0.2, -0.15) is 0 Å². The SMILES string of the molecule is CC(CO)CN(C)C(C)C(C)C. The Labute approximate surface area is 76.6 Å². The Morgan fingerprint density at radius 2 is 1.67 bits per heavy atom. The smallest absolute Gasteiger partial charge is 0.0468 e. The third-order valence-corrected chi connectivity index (χ3v) is 2.57. The van der Waals surface area contributed by atoms with E-state index in [1.807, 2.05) is 0 Å². The monoisotopic (exact) mass is 173 g/mol. The summed E-state index contributed by atoms with van der Waals surface area (Å²) in [5.41, 5.74) is 0. The summed E-state index contributed by atoms with van der Waals surface area (Å²) in [6.45, 7) is 10.0. The van der Waals surface area contributed by atoms with Crippen molar-refractivity contribution < 1.29 is 5.11 Å². The summed E-state index contributed by atoms with van der Waals surface area (Å²) in [7, 11) is 2.12. The van der Waals surface area contributed by atoms with E-state index in [9.17, 15) is 0 Å². The topological polar surface area (TPSA) is 23.5 Å². The van der Waals surface area contributed by atoms with E-state index < -0.39 is 0 Å². The minimum Gasteiger partial charge on any atom is -0.396 e. The molecule has 74 valence electrons. The van der Waals surface area contributed by atoms with Crippen LogP contribution >= 0.6 is 0 Å². The zero-order valence-corrected chi connectivity index (χ0v) is 9.04. The Morgan fingerprint density at radius 1 is 1.17 bits per heavy atom. The van der Waals surface area contributed by atoms with Crippen LogP contribution in [0.15, 0.2) is 0 Å². The van der Waals surface area contributed by atoms with Gasteiger partial charge in [0.1, 0.15) is 0 Å². The van der Waals surface area contributed by atoms with Crippen molar-refractivity contribution in [3.63, 3.8) is 0 Å². The Morgan fingerprint density at radius 3 is 2.00 bits per heavy atom. The Balaban J connectivity index is 3.78. The van der Waals surface area contributed by atoms with Crippen molar-refractivity contribution in [3.05, 3.63) is 0 Å². The Kier molecular flexibility index (Phi) is 5.51. The first-order valence-corrected chi connectivity index (χ1v) is 4.80. The molecule has 0 heterocycles. The molecule has 0 spiro atoms. The second kappa shape index (κ2) is 5.55. The van der Waals surface area contributed by atoms with E-state index in [0.29, 0.717) is 17.9 Å². The molecule has 0 fully saturated rings. The maximum atomic E-state index is 8.88. The molecule has 0 saturated heterocycles. The van der Waals surface area contributed by atoms with Gasteiger partial charge in [0.2, 0.25) is 0 Å². The van der Waals surface area contributed by atoms with Gasteiger partial charge in [0.05, 0.1) is 0 Å². The van der Waals surface area contributed by atoms with Crippen LogP contribution in [0.2, 0.25) is 0 Å². The molecule has 0 aliphatic rings. The molecule has 1 N–H and O–H groups in total. The maximum absolute atomic E-state index is 8.88. The van der Waals surface area contributed by atoms with E-state index in [1.54, 1.807) is 0 Å². The molecule has 2 unspecified atom stereocenters. The van der Waals surface area contributed by atoms with Gasteiger partial charge in [0.15, 0.2) is 0 Å². The van der Waals surface area contributed by atoms with Gasteiger partial charge in [-0.15, -0.1) is 0 Å². The van der Waals surface area contributed by atoms with Crippen molar-refractivity contribution >= 4 is 0 Å². The first-order chi connectivity index (χ1) is 5.49. The lowest BCUT2D eigenvalue weighted by Crippen LogP contribution is -2.37. The fourth-order valence-corrected chi connectivity index (χ4v) is 1.22. The third kappa shape index (κ3) is 4.07. The van der Waals surface area contributed by atoms with Gasteiger partial charge in [0, 0.05) is 19.2 Å². The highest BCUT2D eigenvalue weighted by Crippen LogP contribution is 2.09. The van der Waals surface area contributed by atoms with Crippen molar-refractivity contribution in [2.24, 2.45) is 11.8 Å². The summed E-state index contributed by atoms with van der Waals surface area (Å²) in [4.78, 5) is 2.31. The number of rotatable bonds is 5. The van der Waals surface area contributed by atoms with Gasteiger partial charge in [-0.1, -0.05) is 20.8 Å². The molecule has 0 bridgehead atoms. The molecule has 0 aromatic rings. The minimum absolute atomic E-state index is 0.287. The van der Waals surface area contributed by atoms with Crippen LogP contribution < -0.4 is 0 Å². The normalized spacial score (nSPS) is 17.0. The van der Waals surface area contributed by atoms with Gasteiger partial charge in [0.25, 0.3) is 0 Å². The van der Waals surface area contributed by atoms with Gasteiger partial charge in [-0.05, 0) is 25.8 Å². The predicted molar refractivity (Wildman–Crippen MR) is 53.2 cm³/mol. The van der Waals surface area contributed by atoms with Crippen LogP contribution in [0.25, 0.3) is 0 Å². The second-order valence-corrected chi connectivity index (χ2v) is 4.21. The molecule has 0 rings (SSSR count). The van der Waals surface area contributed by atoms with Gasteiger partial charge < -0.3 is 10.0 Å². The quantitative estimate of drug-likeness (QED) is 0.682. The highest BCUT2D eigenvalue weighted by Gasteiger charge is 2.14. The van der Waals surface area contributed by atoms with Gasteiger partial charge >= 0.3 is 0 Å². The zero-order chi connectivity index (χ0) is 9.72. The van der Waals surface area contributed by atoms with E-state index in [0.717, 1.165) is 6.54 Å². The third-order valence-electron chi connectivity index (χ3n) is 2.57. The largest absolute Gasteiger partial charge is 0.396 e. The summed E-state index contributed by atoms with van der Waals surface area (Å²) in [5, 5.41) is 8.88. The molecule has 0 saturated carbocycles.